The van der Waals surface area contributed by atoms with E-state index >= 15 is 0 Å². The van der Waals surface area contributed by atoms with Gasteiger partial charge in [0, 0.05) is 25.3 Å². The molecule has 0 bridgehead atoms. The minimum atomic E-state index is -0.143. The Bertz CT molecular complexity index is 900. The Labute approximate surface area is 179 Å². The molecule has 0 aromatic heterocycles. The number of amides is 1. The van der Waals surface area contributed by atoms with Crippen molar-refractivity contribution in [3.05, 3.63) is 71.5 Å². The molecule has 1 amide bonds. The highest BCUT2D eigenvalue weighted by molar-refractivity contribution is 6.11. The molecule has 1 heterocycles. The van der Waals surface area contributed by atoms with E-state index < -0.39 is 0 Å². The number of hydrogen-bond donors (Lipinski definition) is 0. The average Bonchev–Trinajstić information content (AvgIpc) is 3.04. The molecule has 1 aliphatic heterocycles. The number of likely N-dealkylation sites (N-methyl/N-ethyl adjacent to an activating group) is 1. The lowest BCUT2D eigenvalue weighted by Gasteiger charge is -2.20. The third-order valence-electron chi connectivity index (χ3n) is 5.23. The topological polar surface area (TPSA) is 45.1 Å². The molecule has 1 saturated heterocycles. The highest BCUT2D eigenvalue weighted by Gasteiger charge is 2.33. The van der Waals surface area contributed by atoms with Gasteiger partial charge in [-0.2, -0.15) is 0 Å². The van der Waals surface area contributed by atoms with Crippen molar-refractivity contribution in [2.75, 3.05) is 24.5 Å². The Kier molecular flexibility index (Phi) is 7.28. The number of carbonyl (C=O) groups excluding carboxylic acids is 1. The minimum absolute atomic E-state index is 0.0111. The first-order valence-corrected chi connectivity index (χ1v) is 10.7. The molecule has 5 heteroatoms. The van der Waals surface area contributed by atoms with Crippen LogP contribution >= 0.6 is 0 Å². The lowest BCUT2D eigenvalue weighted by Crippen LogP contribution is -2.30. The summed E-state index contributed by atoms with van der Waals surface area (Å²) in [5.74, 6) is 0.175. The summed E-state index contributed by atoms with van der Waals surface area (Å²) < 4.78 is 5.89. The number of amidine groups is 1. The van der Waals surface area contributed by atoms with Gasteiger partial charge >= 0.3 is 6.02 Å². The summed E-state index contributed by atoms with van der Waals surface area (Å²) in [5.41, 5.74) is 3.32. The van der Waals surface area contributed by atoms with Crippen molar-refractivity contribution < 1.29 is 9.53 Å². The summed E-state index contributed by atoms with van der Waals surface area (Å²) in [7, 11) is 0. The van der Waals surface area contributed by atoms with Crippen LogP contribution in [0.25, 0.3) is 6.08 Å². The summed E-state index contributed by atoms with van der Waals surface area (Å²) in [4.78, 5) is 21.4. The second-order valence-corrected chi connectivity index (χ2v) is 7.37. The Morgan fingerprint density at radius 1 is 1.03 bits per heavy atom. The summed E-state index contributed by atoms with van der Waals surface area (Å²) in [6.07, 6.45) is 2.59. The van der Waals surface area contributed by atoms with Crippen LogP contribution in [0, 0.1) is 0 Å². The molecule has 1 unspecified atom stereocenters. The van der Waals surface area contributed by atoms with Gasteiger partial charge in [0.1, 0.15) is 0 Å². The molecule has 0 N–H and O–H groups in total. The molecule has 0 spiro atoms. The van der Waals surface area contributed by atoms with E-state index in [-0.39, 0.29) is 11.9 Å². The lowest BCUT2D eigenvalue weighted by molar-refractivity contribution is -0.122. The van der Waals surface area contributed by atoms with Crippen molar-refractivity contribution in [2.24, 2.45) is 4.99 Å². The number of benzene rings is 2. The average molecular weight is 406 g/mol. The molecule has 2 aromatic carbocycles. The van der Waals surface area contributed by atoms with Gasteiger partial charge in [0.15, 0.2) is 5.76 Å². The molecule has 3 rings (SSSR count). The Morgan fingerprint density at radius 3 is 2.30 bits per heavy atom. The Balaban J connectivity index is 1.76. The quantitative estimate of drug-likeness (QED) is 0.596. The Hall–Kier alpha value is -3.08. The van der Waals surface area contributed by atoms with Crippen molar-refractivity contribution in [2.45, 2.75) is 40.2 Å². The van der Waals surface area contributed by atoms with Crippen LogP contribution in [0.1, 0.15) is 38.8 Å². The molecular formula is C25H31N3O2. The van der Waals surface area contributed by atoms with Crippen LogP contribution in [0.2, 0.25) is 0 Å². The molecule has 2 aromatic rings. The highest BCUT2D eigenvalue weighted by atomic mass is 16.5. The number of ether oxygens (including phenoxy) is 1. The van der Waals surface area contributed by atoms with E-state index in [0.29, 0.717) is 18.3 Å². The fourth-order valence-electron chi connectivity index (χ4n) is 3.59. The summed E-state index contributed by atoms with van der Waals surface area (Å²) >= 11 is 0. The summed E-state index contributed by atoms with van der Waals surface area (Å²) in [6.45, 7) is 10.7. The number of aliphatic imine (C=N–C) groups is 1. The summed E-state index contributed by atoms with van der Waals surface area (Å²) in [6, 6.07) is 18.8. The zero-order valence-corrected chi connectivity index (χ0v) is 18.3. The maximum atomic E-state index is 12.8. The van der Waals surface area contributed by atoms with E-state index in [1.165, 1.54) is 11.3 Å². The monoisotopic (exact) mass is 405 g/mol. The number of hydrogen-bond acceptors (Lipinski definition) is 4. The van der Waals surface area contributed by atoms with Gasteiger partial charge < -0.3 is 9.64 Å². The molecule has 30 heavy (non-hydrogen) atoms. The van der Waals surface area contributed by atoms with Crippen LogP contribution in [0.15, 0.2) is 65.3 Å². The van der Waals surface area contributed by atoms with Gasteiger partial charge in [0.05, 0.1) is 6.04 Å². The molecule has 1 fully saturated rings. The number of rotatable bonds is 8. The number of anilines is 1. The zero-order valence-electron chi connectivity index (χ0n) is 18.3. The zero-order chi connectivity index (χ0) is 21.5. The minimum Gasteiger partial charge on any atom is -0.420 e. The third kappa shape index (κ3) is 5.09. The predicted molar refractivity (Wildman–Crippen MR) is 123 cm³/mol. The van der Waals surface area contributed by atoms with Gasteiger partial charge in [-0.05, 0) is 63.5 Å². The van der Waals surface area contributed by atoms with Gasteiger partial charge in [0.25, 0.3) is 5.91 Å². The van der Waals surface area contributed by atoms with Gasteiger partial charge in [0.2, 0.25) is 0 Å². The van der Waals surface area contributed by atoms with E-state index in [2.05, 4.69) is 48.0 Å². The second kappa shape index (κ2) is 10.1. The van der Waals surface area contributed by atoms with E-state index in [0.717, 1.165) is 25.1 Å². The molecule has 0 aliphatic carbocycles. The van der Waals surface area contributed by atoms with Crippen LogP contribution < -0.4 is 4.90 Å². The van der Waals surface area contributed by atoms with Crippen molar-refractivity contribution in [3.63, 3.8) is 0 Å². The fourth-order valence-corrected chi connectivity index (χ4v) is 3.59. The van der Waals surface area contributed by atoms with Crippen LogP contribution in [0.5, 0.6) is 0 Å². The van der Waals surface area contributed by atoms with Crippen LogP contribution in [0.3, 0.4) is 0 Å². The normalized spacial score (nSPS) is 17.5. The van der Waals surface area contributed by atoms with Crippen molar-refractivity contribution in [1.82, 2.24) is 4.90 Å². The van der Waals surface area contributed by atoms with Crippen LogP contribution in [-0.4, -0.2) is 42.5 Å². The van der Waals surface area contributed by atoms with E-state index in [9.17, 15) is 4.79 Å². The molecule has 1 aliphatic rings. The maximum absolute atomic E-state index is 12.8. The highest BCUT2D eigenvalue weighted by Crippen LogP contribution is 2.22. The van der Waals surface area contributed by atoms with E-state index in [1.807, 2.05) is 44.2 Å². The second-order valence-electron chi connectivity index (χ2n) is 7.37. The fraction of sp³-hybridized carbons (Fsp3) is 0.360. The third-order valence-corrected chi connectivity index (χ3v) is 5.23. The molecular weight excluding hydrogens is 374 g/mol. The summed E-state index contributed by atoms with van der Waals surface area (Å²) in [5, 5.41) is 0. The predicted octanol–water partition coefficient (Wildman–Crippen LogP) is 4.74. The van der Waals surface area contributed by atoms with Gasteiger partial charge in [-0.15, -0.1) is 0 Å². The van der Waals surface area contributed by atoms with Crippen molar-refractivity contribution in [3.8, 4) is 0 Å². The van der Waals surface area contributed by atoms with E-state index in [1.54, 1.807) is 11.0 Å². The first-order valence-electron chi connectivity index (χ1n) is 10.7. The molecule has 5 nitrogen and oxygen atoms in total. The van der Waals surface area contributed by atoms with E-state index in [4.69, 9.17) is 4.74 Å². The molecule has 158 valence electrons. The standard InChI is InChI=1S/C25H31N3O2/c1-5-27(6-2)22-15-13-21(14-16-22)18-23-24(29)28(7-3)25(30-23)26-19(4)17-20-11-9-8-10-12-20/h8-16,18-19H,5-7,17H2,1-4H3. The van der Waals surface area contributed by atoms with Gasteiger partial charge in [-0.25, -0.2) is 4.99 Å². The smallest absolute Gasteiger partial charge is 0.300 e. The molecule has 1 atom stereocenters. The van der Waals surface area contributed by atoms with Gasteiger partial charge in [-0.3, -0.25) is 9.69 Å². The van der Waals surface area contributed by atoms with Crippen LogP contribution in [0.4, 0.5) is 5.69 Å². The SMILES string of the molecule is CCN1C(=O)C(=Cc2ccc(N(CC)CC)cc2)OC1=NC(C)Cc1ccccc1. The largest absolute Gasteiger partial charge is 0.420 e. The number of nitrogens with zero attached hydrogens (tertiary/aromatic N) is 3. The Morgan fingerprint density at radius 2 is 1.70 bits per heavy atom. The molecule has 0 radical (unpaired) electrons. The lowest BCUT2D eigenvalue weighted by atomic mass is 10.1. The molecule has 0 saturated carbocycles. The number of carbonyl (C=O) groups is 1. The van der Waals surface area contributed by atoms with Crippen molar-refractivity contribution >= 4 is 23.7 Å². The maximum Gasteiger partial charge on any atom is 0.300 e. The first-order chi connectivity index (χ1) is 14.5. The first kappa shape index (κ1) is 21.6. The van der Waals surface area contributed by atoms with Gasteiger partial charge in [-0.1, -0.05) is 42.5 Å². The van der Waals surface area contributed by atoms with Crippen molar-refractivity contribution in [1.29, 1.82) is 0 Å². The van der Waals surface area contributed by atoms with Crippen LogP contribution in [-0.2, 0) is 16.0 Å².